The van der Waals surface area contributed by atoms with Crippen molar-refractivity contribution >= 4 is 12.6 Å². The molecule has 0 bridgehead atoms. The van der Waals surface area contributed by atoms with Crippen molar-refractivity contribution in [2.24, 2.45) is 5.41 Å². The molecule has 0 aliphatic heterocycles. The zero-order valence-corrected chi connectivity index (χ0v) is 7.78. The fourth-order valence-electron chi connectivity index (χ4n) is 1.36. The molecule has 0 amide bonds. The van der Waals surface area contributed by atoms with E-state index < -0.39 is 0 Å². The molecule has 0 N–H and O–H groups in total. The van der Waals surface area contributed by atoms with Crippen LogP contribution in [-0.2, 0) is 4.74 Å². The van der Waals surface area contributed by atoms with Gasteiger partial charge >= 0.3 is 0 Å². The topological polar surface area (TPSA) is 9.23 Å². The van der Waals surface area contributed by atoms with Gasteiger partial charge in [0, 0.05) is 5.41 Å². The summed E-state index contributed by atoms with van der Waals surface area (Å²) in [6.45, 7) is 0.973. The van der Waals surface area contributed by atoms with Crippen LogP contribution in [0.1, 0.15) is 32.1 Å². The van der Waals surface area contributed by atoms with Crippen LogP contribution in [-0.4, -0.2) is 18.5 Å². The second-order valence-corrected chi connectivity index (χ2v) is 4.34. The summed E-state index contributed by atoms with van der Waals surface area (Å²) < 4.78 is 5.75. The Balaban J connectivity index is 1.65. The van der Waals surface area contributed by atoms with Gasteiger partial charge in [0.05, 0.1) is 12.7 Å². The molecule has 0 atom stereocenters. The lowest BCUT2D eigenvalue weighted by Crippen LogP contribution is -2.25. The van der Waals surface area contributed by atoms with E-state index in [0.717, 1.165) is 12.4 Å². The van der Waals surface area contributed by atoms with Crippen molar-refractivity contribution in [1.82, 2.24) is 0 Å². The first-order chi connectivity index (χ1) is 5.35. The number of hydrogen-bond donors (Lipinski definition) is 1. The van der Waals surface area contributed by atoms with Gasteiger partial charge < -0.3 is 4.74 Å². The first-order valence-electron chi connectivity index (χ1n) is 4.57. The van der Waals surface area contributed by atoms with Gasteiger partial charge in [-0.3, -0.25) is 0 Å². The van der Waals surface area contributed by atoms with Crippen LogP contribution < -0.4 is 0 Å². The monoisotopic (exact) mass is 172 g/mol. The highest BCUT2D eigenvalue weighted by atomic mass is 32.1. The number of ether oxygens (including phenoxy) is 1. The Morgan fingerprint density at radius 1 is 1.36 bits per heavy atom. The van der Waals surface area contributed by atoms with Crippen molar-refractivity contribution in [3.8, 4) is 0 Å². The molecule has 2 heteroatoms. The molecule has 0 saturated heterocycles. The van der Waals surface area contributed by atoms with Crippen molar-refractivity contribution in [2.45, 2.75) is 38.2 Å². The lowest BCUT2D eigenvalue weighted by molar-refractivity contribution is -0.0171. The number of thiol groups is 1. The summed E-state index contributed by atoms with van der Waals surface area (Å²) >= 11 is 4.33. The molecule has 2 rings (SSSR count). The van der Waals surface area contributed by atoms with Crippen LogP contribution >= 0.6 is 12.6 Å². The minimum absolute atomic E-state index is 0.499. The molecule has 0 spiro atoms. The maximum atomic E-state index is 5.75. The summed E-state index contributed by atoms with van der Waals surface area (Å²) in [4.78, 5) is 0. The average molecular weight is 172 g/mol. The summed E-state index contributed by atoms with van der Waals surface area (Å²) in [6.07, 6.45) is 7.24. The van der Waals surface area contributed by atoms with Crippen molar-refractivity contribution in [3.05, 3.63) is 0 Å². The van der Waals surface area contributed by atoms with Crippen LogP contribution in [0.4, 0.5) is 0 Å². The molecule has 0 heterocycles. The Kier molecular flexibility index (Phi) is 2.15. The van der Waals surface area contributed by atoms with Gasteiger partial charge in [-0.2, -0.15) is 12.6 Å². The van der Waals surface area contributed by atoms with E-state index in [1.54, 1.807) is 0 Å². The summed E-state index contributed by atoms with van der Waals surface area (Å²) in [5, 5.41) is 0. The smallest absolute Gasteiger partial charge is 0.0575 e. The summed E-state index contributed by atoms with van der Waals surface area (Å²) in [5.41, 5.74) is 0.499. The molecular weight excluding hydrogens is 156 g/mol. The normalized spacial score (nSPS) is 28.1. The maximum absolute atomic E-state index is 5.75. The van der Waals surface area contributed by atoms with Gasteiger partial charge in [0.15, 0.2) is 0 Å². The van der Waals surface area contributed by atoms with Gasteiger partial charge in [0.1, 0.15) is 0 Å². The zero-order valence-electron chi connectivity index (χ0n) is 6.88. The Hall–Kier alpha value is 0.310. The molecule has 2 aliphatic carbocycles. The Morgan fingerprint density at radius 3 is 2.45 bits per heavy atom. The molecule has 1 nitrogen and oxygen atoms in total. The molecule has 0 radical (unpaired) electrons. The fourth-order valence-corrected chi connectivity index (χ4v) is 1.76. The Labute approximate surface area is 73.9 Å². The standard InChI is InChI=1S/C9H16OS/c11-7-9(4-5-9)6-10-8-2-1-3-8/h8,11H,1-7H2. The quantitative estimate of drug-likeness (QED) is 0.640. The van der Waals surface area contributed by atoms with Crippen LogP contribution in [0, 0.1) is 5.41 Å². The summed E-state index contributed by atoms with van der Waals surface area (Å²) in [5.74, 6) is 1.01. The molecule has 11 heavy (non-hydrogen) atoms. The van der Waals surface area contributed by atoms with Gasteiger partial charge in [-0.1, -0.05) is 0 Å². The predicted molar refractivity (Wildman–Crippen MR) is 49.1 cm³/mol. The average Bonchev–Trinajstić information content (AvgIpc) is 2.66. The van der Waals surface area contributed by atoms with E-state index >= 15 is 0 Å². The van der Waals surface area contributed by atoms with E-state index in [1.165, 1.54) is 32.1 Å². The molecule has 0 aromatic heterocycles. The summed E-state index contributed by atoms with van der Waals surface area (Å²) in [6, 6.07) is 0. The van der Waals surface area contributed by atoms with Gasteiger partial charge in [0.25, 0.3) is 0 Å². The summed E-state index contributed by atoms with van der Waals surface area (Å²) in [7, 11) is 0. The molecule has 2 fully saturated rings. The van der Waals surface area contributed by atoms with Gasteiger partial charge in [-0.25, -0.2) is 0 Å². The Bertz CT molecular complexity index is 138. The number of rotatable bonds is 4. The van der Waals surface area contributed by atoms with E-state index in [1.807, 2.05) is 0 Å². The molecule has 2 aliphatic rings. The third kappa shape index (κ3) is 1.73. The van der Waals surface area contributed by atoms with E-state index in [0.29, 0.717) is 11.5 Å². The number of hydrogen-bond acceptors (Lipinski definition) is 2. The first kappa shape index (κ1) is 7.93. The van der Waals surface area contributed by atoms with E-state index in [2.05, 4.69) is 12.6 Å². The first-order valence-corrected chi connectivity index (χ1v) is 5.20. The third-order valence-electron chi connectivity index (χ3n) is 2.97. The highest BCUT2D eigenvalue weighted by molar-refractivity contribution is 7.80. The molecule has 0 aromatic carbocycles. The highest BCUT2D eigenvalue weighted by Crippen LogP contribution is 2.47. The largest absolute Gasteiger partial charge is 0.378 e. The highest BCUT2D eigenvalue weighted by Gasteiger charge is 2.42. The zero-order chi connectivity index (χ0) is 7.73. The van der Waals surface area contributed by atoms with E-state index in [4.69, 9.17) is 4.74 Å². The van der Waals surface area contributed by atoms with Crippen LogP contribution in [0.15, 0.2) is 0 Å². The molecule has 0 unspecified atom stereocenters. The lowest BCUT2D eigenvalue weighted by atomic mass is 9.96. The van der Waals surface area contributed by atoms with Crippen molar-refractivity contribution < 1.29 is 4.74 Å². The Morgan fingerprint density at radius 2 is 2.09 bits per heavy atom. The SMILES string of the molecule is SCC1(COC2CCC2)CC1. The van der Waals surface area contributed by atoms with Crippen molar-refractivity contribution in [1.29, 1.82) is 0 Å². The minimum Gasteiger partial charge on any atom is -0.378 e. The third-order valence-corrected chi connectivity index (χ3v) is 3.64. The van der Waals surface area contributed by atoms with E-state index in [9.17, 15) is 0 Å². The second kappa shape index (κ2) is 2.98. The molecule has 0 aromatic rings. The minimum atomic E-state index is 0.499. The van der Waals surface area contributed by atoms with Crippen molar-refractivity contribution in [2.75, 3.05) is 12.4 Å². The van der Waals surface area contributed by atoms with Gasteiger partial charge in [-0.15, -0.1) is 0 Å². The second-order valence-electron chi connectivity index (χ2n) is 4.02. The van der Waals surface area contributed by atoms with Gasteiger partial charge in [-0.05, 0) is 37.9 Å². The maximum Gasteiger partial charge on any atom is 0.0575 e. The van der Waals surface area contributed by atoms with Crippen molar-refractivity contribution in [3.63, 3.8) is 0 Å². The fraction of sp³-hybridized carbons (Fsp3) is 1.00. The molecule has 2 saturated carbocycles. The molecule has 64 valence electrons. The predicted octanol–water partition coefficient (Wildman–Crippen LogP) is 2.27. The van der Waals surface area contributed by atoms with E-state index in [-0.39, 0.29) is 0 Å². The lowest BCUT2D eigenvalue weighted by Gasteiger charge is -2.27. The van der Waals surface area contributed by atoms with Gasteiger partial charge in [0.2, 0.25) is 0 Å². The van der Waals surface area contributed by atoms with Crippen LogP contribution in [0.3, 0.4) is 0 Å². The van der Waals surface area contributed by atoms with Crippen LogP contribution in [0.5, 0.6) is 0 Å². The molecular formula is C9H16OS. The van der Waals surface area contributed by atoms with Crippen LogP contribution in [0.25, 0.3) is 0 Å². The van der Waals surface area contributed by atoms with Crippen LogP contribution in [0.2, 0.25) is 0 Å².